The zero-order valence-corrected chi connectivity index (χ0v) is 14.2. The minimum atomic E-state index is -0.640. The number of likely N-dealkylation sites (N-methyl/N-ethyl adjacent to an activating group) is 1. The van der Waals surface area contributed by atoms with Crippen LogP contribution in [0.15, 0.2) is 58.7 Å². The van der Waals surface area contributed by atoms with Gasteiger partial charge in [-0.1, -0.05) is 0 Å². The lowest BCUT2D eigenvalue weighted by Gasteiger charge is -2.26. The van der Waals surface area contributed by atoms with Crippen molar-refractivity contribution in [2.75, 3.05) is 27.2 Å². The number of nitrogens with one attached hydrogen (secondary N) is 2. The van der Waals surface area contributed by atoms with Gasteiger partial charge in [-0.3, -0.25) is 9.59 Å². The maximum atomic E-state index is 12.8. The summed E-state index contributed by atoms with van der Waals surface area (Å²) in [7, 11) is 3.96. The number of aliphatic hydroxyl groups is 1. The summed E-state index contributed by atoms with van der Waals surface area (Å²) in [6.45, 7) is 1.11. The number of aromatic amines is 1. The zero-order chi connectivity index (χ0) is 18.0. The molecule has 1 atom stereocenters. The van der Waals surface area contributed by atoms with Crippen LogP contribution >= 0.6 is 0 Å². The number of amides is 1. The maximum absolute atomic E-state index is 12.8. The molecule has 2 aromatic rings. The molecule has 0 saturated carbocycles. The van der Waals surface area contributed by atoms with Crippen molar-refractivity contribution in [3.05, 3.63) is 65.6 Å². The second-order valence-corrected chi connectivity index (χ2v) is 6.26. The highest BCUT2D eigenvalue weighted by molar-refractivity contribution is 6.14. The molecule has 7 nitrogen and oxygen atoms in total. The van der Waals surface area contributed by atoms with E-state index in [1.165, 1.54) is 22.1 Å². The van der Waals surface area contributed by atoms with Crippen molar-refractivity contribution in [1.82, 2.24) is 4.90 Å². The maximum Gasteiger partial charge on any atom is 0.290 e. The van der Waals surface area contributed by atoms with Gasteiger partial charge in [-0.05, 0) is 17.7 Å². The molecule has 1 amide bonds. The topological polar surface area (TPSA) is 89.3 Å². The van der Waals surface area contributed by atoms with Gasteiger partial charge in [-0.15, -0.1) is 0 Å². The molecule has 0 saturated heterocycles. The molecule has 1 aliphatic heterocycles. The molecule has 25 heavy (non-hydrogen) atoms. The predicted molar refractivity (Wildman–Crippen MR) is 87.8 cm³/mol. The summed E-state index contributed by atoms with van der Waals surface area (Å²) in [5.74, 6) is -1.42. The van der Waals surface area contributed by atoms with Crippen LogP contribution in [0.4, 0.5) is 0 Å². The van der Waals surface area contributed by atoms with E-state index in [1.807, 2.05) is 14.1 Å². The zero-order valence-electron chi connectivity index (χ0n) is 14.2. The van der Waals surface area contributed by atoms with Crippen molar-refractivity contribution in [1.29, 1.82) is 0 Å². The van der Waals surface area contributed by atoms with E-state index < -0.39 is 23.5 Å². The Morgan fingerprint density at radius 2 is 2.04 bits per heavy atom. The highest BCUT2D eigenvalue weighted by atomic mass is 16.3. The van der Waals surface area contributed by atoms with Crippen LogP contribution in [0.2, 0.25) is 0 Å². The first kappa shape index (κ1) is 16.9. The first-order chi connectivity index (χ1) is 12.0. The van der Waals surface area contributed by atoms with Gasteiger partial charge in [0.25, 0.3) is 5.91 Å². The van der Waals surface area contributed by atoms with Crippen molar-refractivity contribution in [3.63, 3.8) is 0 Å². The number of pyridine rings is 1. The lowest BCUT2D eigenvalue weighted by Crippen LogP contribution is -3.06. The van der Waals surface area contributed by atoms with Gasteiger partial charge in [0.15, 0.2) is 23.9 Å². The Bertz CT molecular complexity index is 797. The van der Waals surface area contributed by atoms with E-state index in [9.17, 15) is 14.7 Å². The van der Waals surface area contributed by atoms with Gasteiger partial charge in [0, 0.05) is 12.1 Å². The third-order valence-electron chi connectivity index (χ3n) is 4.21. The van der Waals surface area contributed by atoms with Gasteiger partial charge in [0.1, 0.15) is 0 Å². The number of hydrogen-bond donors (Lipinski definition) is 2. The molecule has 3 heterocycles. The fourth-order valence-corrected chi connectivity index (χ4v) is 2.93. The summed E-state index contributed by atoms with van der Waals surface area (Å²) in [4.78, 5) is 31.1. The van der Waals surface area contributed by atoms with Crippen LogP contribution < -0.4 is 9.88 Å². The summed E-state index contributed by atoms with van der Waals surface area (Å²) in [6.07, 6.45) is 4.83. The van der Waals surface area contributed by atoms with E-state index >= 15 is 0 Å². The molecule has 0 radical (unpaired) electrons. The molecule has 1 unspecified atom stereocenters. The quantitative estimate of drug-likeness (QED) is 0.712. The molecule has 0 bridgehead atoms. The minimum Gasteiger partial charge on any atom is -0.503 e. The van der Waals surface area contributed by atoms with E-state index in [0.717, 1.165) is 5.56 Å². The Morgan fingerprint density at radius 1 is 1.32 bits per heavy atom. The fourth-order valence-electron chi connectivity index (χ4n) is 2.93. The largest absolute Gasteiger partial charge is 0.503 e. The van der Waals surface area contributed by atoms with Crippen LogP contribution in [0.1, 0.15) is 22.2 Å². The number of ketones is 1. The van der Waals surface area contributed by atoms with E-state index in [1.54, 1.807) is 30.6 Å². The number of carbonyl (C=O) groups is 2. The van der Waals surface area contributed by atoms with Crippen molar-refractivity contribution in [2.45, 2.75) is 6.04 Å². The monoisotopic (exact) mass is 343 g/mol. The SMILES string of the molecule is C[NH+](C)CCN1C(=O)C(O)=C(C(=O)c2ccco2)C1c1cc[nH+]cc1. The smallest absolute Gasteiger partial charge is 0.290 e. The Labute approximate surface area is 145 Å². The summed E-state index contributed by atoms with van der Waals surface area (Å²) in [5, 5.41) is 10.4. The number of hydrogen-bond acceptors (Lipinski definition) is 4. The third-order valence-corrected chi connectivity index (χ3v) is 4.21. The van der Waals surface area contributed by atoms with Crippen molar-refractivity contribution >= 4 is 11.7 Å². The lowest BCUT2D eigenvalue weighted by molar-refractivity contribution is -0.857. The Hall–Kier alpha value is -2.93. The number of H-pyrrole nitrogens is 1. The molecule has 0 aromatic carbocycles. The molecule has 0 aliphatic carbocycles. The number of aromatic nitrogens is 1. The van der Waals surface area contributed by atoms with Crippen molar-refractivity contribution in [2.24, 2.45) is 0 Å². The summed E-state index contributed by atoms with van der Waals surface area (Å²) in [5.41, 5.74) is 0.805. The molecule has 7 heteroatoms. The van der Waals surface area contributed by atoms with Crippen LogP contribution in [-0.2, 0) is 4.79 Å². The molecule has 0 fully saturated rings. The highest BCUT2D eigenvalue weighted by Crippen LogP contribution is 2.38. The number of nitrogens with zero attached hydrogens (tertiary/aromatic N) is 1. The Morgan fingerprint density at radius 3 is 2.64 bits per heavy atom. The van der Waals surface area contributed by atoms with Crippen molar-refractivity contribution < 1.29 is 29.0 Å². The third kappa shape index (κ3) is 3.18. The normalized spacial score (nSPS) is 17.6. The Balaban J connectivity index is 2.04. The van der Waals surface area contributed by atoms with Gasteiger partial charge in [0.2, 0.25) is 5.78 Å². The summed E-state index contributed by atoms with van der Waals surface area (Å²) < 4.78 is 5.17. The number of carbonyl (C=O) groups excluding carboxylic acids is 2. The first-order valence-electron chi connectivity index (χ1n) is 8.08. The van der Waals surface area contributed by atoms with Crippen LogP contribution in [0, 0.1) is 0 Å². The van der Waals surface area contributed by atoms with Crippen LogP contribution in [0.3, 0.4) is 0 Å². The van der Waals surface area contributed by atoms with E-state index in [0.29, 0.717) is 13.1 Å². The summed E-state index contributed by atoms with van der Waals surface area (Å²) in [6, 6.07) is 6.07. The van der Waals surface area contributed by atoms with E-state index in [4.69, 9.17) is 4.42 Å². The molecule has 1 aliphatic rings. The summed E-state index contributed by atoms with van der Waals surface area (Å²) >= 11 is 0. The van der Waals surface area contributed by atoms with Gasteiger partial charge < -0.3 is 19.3 Å². The number of quaternary nitrogens is 1. The molecule has 0 spiro atoms. The predicted octanol–water partition coefficient (Wildman–Crippen LogP) is -0.183. The standard InChI is InChI=1S/C18H19N3O4/c1-20(2)9-10-21-15(12-5-7-19-8-6-12)14(17(23)18(21)24)16(22)13-4-3-11-25-13/h3-8,11,15,23H,9-10H2,1-2H3/p+2. The molecule has 130 valence electrons. The molecule has 3 N–H and O–H groups in total. The lowest BCUT2D eigenvalue weighted by atomic mass is 9.96. The van der Waals surface area contributed by atoms with E-state index in [-0.39, 0.29) is 11.3 Å². The first-order valence-corrected chi connectivity index (χ1v) is 8.08. The number of rotatable bonds is 6. The number of furan rings is 1. The van der Waals surface area contributed by atoms with Gasteiger partial charge in [0.05, 0.1) is 45.1 Å². The average molecular weight is 343 g/mol. The fraction of sp³-hybridized carbons (Fsp3) is 0.278. The van der Waals surface area contributed by atoms with Gasteiger partial charge in [-0.2, -0.15) is 0 Å². The highest BCUT2D eigenvalue weighted by Gasteiger charge is 2.44. The molecule has 3 rings (SSSR count). The molecular weight excluding hydrogens is 322 g/mol. The van der Waals surface area contributed by atoms with Crippen molar-refractivity contribution in [3.8, 4) is 0 Å². The van der Waals surface area contributed by atoms with Crippen LogP contribution in [-0.4, -0.2) is 48.9 Å². The molecular formula is C18H21N3O4+2. The van der Waals surface area contributed by atoms with Crippen LogP contribution in [0.25, 0.3) is 0 Å². The Kier molecular flexibility index (Phi) is 4.67. The van der Waals surface area contributed by atoms with Gasteiger partial charge >= 0.3 is 0 Å². The van der Waals surface area contributed by atoms with Gasteiger partial charge in [-0.25, -0.2) is 4.98 Å². The number of aliphatic hydroxyl groups excluding tert-OH is 1. The molecule has 2 aromatic heterocycles. The van der Waals surface area contributed by atoms with Crippen LogP contribution in [0.5, 0.6) is 0 Å². The second-order valence-electron chi connectivity index (χ2n) is 6.26. The second kappa shape index (κ2) is 6.90. The van der Waals surface area contributed by atoms with E-state index in [2.05, 4.69) is 4.98 Å². The average Bonchev–Trinajstić information content (AvgIpc) is 3.22. The minimum absolute atomic E-state index is 0.0555. The number of Topliss-reactive ketones (excluding diaryl/α,β-unsaturated/α-hetero) is 1.